The number of benzene rings is 2. The van der Waals surface area contributed by atoms with Gasteiger partial charge in [0.05, 0.1) is 14.2 Å². The maximum absolute atomic E-state index is 12.3. The van der Waals surface area contributed by atoms with E-state index < -0.39 is 9.84 Å². The van der Waals surface area contributed by atoms with Crippen LogP contribution < -0.4 is 9.47 Å². The van der Waals surface area contributed by atoms with Gasteiger partial charge in [-0.15, -0.1) is 0 Å². The zero-order valence-corrected chi connectivity index (χ0v) is 14.5. The highest BCUT2D eigenvalue weighted by atomic mass is 32.2. The molecule has 0 aliphatic heterocycles. The minimum Gasteiger partial charge on any atom is -0.497 e. The molecule has 0 bridgehead atoms. The lowest BCUT2D eigenvalue weighted by Crippen LogP contribution is -2.03. The molecule has 2 aromatic rings. The second-order valence-corrected chi connectivity index (χ2v) is 7.09. The first-order valence-electron chi connectivity index (χ1n) is 7.09. The molecule has 2 aromatic carbocycles. The van der Waals surface area contributed by atoms with Crippen LogP contribution in [-0.4, -0.2) is 34.7 Å². The Morgan fingerprint density at radius 2 is 1.67 bits per heavy atom. The van der Waals surface area contributed by atoms with Gasteiger partial charge in [-0.25, -0.2) is 8.42 Å². The third-order valence-electron chi connectivity index (χ3n) is 3.39. The van der Waals surface area contributed by atoms with Crippen molar-refractivity contribution >= 4 is 21.7 Å². The van der Waals surface area contributed by atoms with Crippen molar-refractivity contribution in [3.05, 3.63) is 59.7 Å². The summed E-state index contributed by atoms with van der Waals surface area (Å²) in [5.74, 6) is 0.643. The molecule has 0 saturated carbocycles. The van der Waals surface area contributed by atoms with Gasteiger partial charge in [0.25, 0.3) is 0 Å². The minimum absolute atomic E-state index is 0.0562. The summed E-state index contributed by atoms with van der Waals surface area (Å²) in [5.41, 5.74) is 1.20. The van der Waals surface area contributed by atoms with Crippen LogP contribution in [0.5, 0.6) is 11.5 Å². The van der Waals surface area contributed by atoms with E-state index in [2.05, 4.69) is 0 Å². The molecule has 0 unspecified atom stereocenters. The van der Waals surface area contributed by atoms with Crippen molar-refractivity contribution in [1.82, 2.24) is 0 Å². The Hall–Kier alpha value is -2.60. The molecule has 5 nitrogen and oxygen atoms in total. The number of rotatable bonds is 6. The number of ether oxygens (including phenoxy) is 2. The summed E-state index contributed by atoms with van der Waals surface area (Å²) in [5, 5.41) is 0. The molecule has 6 heteroatoms. The fourth-order valence-electron chi connectivity index (χ4n) is 2.11. The van der Waals surface area contributed by atoms with Gasteiger partial charge in [0.1, 0.15) is 16.4 Å². The number of carbonyl (C=O) groups is 1. The Bertz CT molecular complexity index is 865. The molecule has 0 atom stereocenters. The van der Waals surface area contributed by atoms with E-state index >= 15 is 0 Å². The van der Waals surface area contributed by atoms with Gasteiger partial charge in [-0.1, -0.05) is 18.2 Å². The number of carbonyl (C=O) groups excluding carboxylic acids is 1. The van der Waals surface area contributed by atoms with Crippen LogP contribution in [0.2, 0.25) is 0 Å². The fourth-order valence-corrected chi connectivity index (χ4v) is 2.93. The topological polar surface area (TPSA) is 69.7 Å². The molecule has 24 heavy (non-hydrogen) atoms. The standard InChI is InChI=1S/C18H18O5S/c1-22-15-8-4-13(5-9-15)6-10-16(19)14-7-11-18(24(3,20)21)17(12-14)23-2/h4-12H,1-3H3. The van der Waals surface area contributed by atoms with E-state index in [4.69, 9.17) is 9.47 Å². The zero-order valence-electron chi connectivity index (χ0n) is 13.6. The highest BCUT2D eigenvalue weighted by Crippen LogP contribution is 2.25. The SMILES string of the molecule is COc1ccc(C=CC(=O)c2ccc(S(C)(=O)=O)c(OC)c2)cc1. The summed E-state index contributed by atoms with van der Waals surface area (Å²) < 4.78 is 33.5. The summed E-state index contributed by atoms with van der Waals surface area (Å²) >= 11 is 0. The highest BCUT2D eigenvalue weighted by Gasteiger charge is 2.16. The van der Waals surface area contributed by atoms with E-state index in [-0.39, 0.29) is 16.4 Å². The molecular weight excluding hydrogens is 328 g/mol. The normalized spacial score (nSPS) is 11.5. The lowest BCUT2D eigenvalue weighted by atomic mass is 10.1. The molecule has 0 aliphatic rings. The minimum atomic E-state index is -3.42. The number of methoxy groups -OCH3 is 2. The molecular formula is C18H18O5S. The fraction of sp³-hybridized carbons (Fsp3) is 0.167. The van der Waals surface area contributed by atoms with Gasteiger partial charge in [-0.3, -0.25) is 4.79 Å². The summed E-state index contributed by atoms with van der Waals surface area (Å²) in [6.07, 6.45) is 4.20. The van der Waals surface area contributed by atoms with E-state index in [1.165, 1.54) is 31.4 Å². The Labute approximate surface area is 141 Å². The van der Waals surface area contributed by atoms with E-state index in [1.807, 2.05) is 12.1 Å². The largest absolute Gasteiger partial charge is 0.497 e. The first kappa shape index (κ1) is 17.7. The second kappa shape index (κ2) is 7.31. The van der Waals surface area contributed by atoms with Gasteiger partial charge in [0.2, 0.25) is 0 Å². The molecule has 0 N–H and O–H groups in total. The van der Waals surface area contributed by atoms with E-state index in [0.717, 1.165) is 17.6 Å². The summed E-state index contributed by atoms with van der Waals surface area (Å²) in [4.78, 5) is 12.3. The third-order valence-corrected chi connectivity index (χ3v) is 4.53. The molecule has 0 aliphatic carbocycles. The molecule has 0 radical (unpaired) electrons. The maximum atomic E-state index is 12.3. The van der Waals surface area contributed by atoms with Gasteiger partial charge < -0.3 is 9.47 Å². The highest BCUT2D eigenvalue weighted by molar-refractivity contribution is 7.90. The van der Waals surface area contributed by atoms with Gasteiger partial charge >= 0.3 is 0 Å². The molecule has 0 saturated heterocycles. The van der Waals surface area contributed by atoms with E-state index in [9.17, 15) is 13.2 Å². The molecule has 2 rings (SSSR count). The zero-order chi connectivity index (χ0) is 17.7. The average Bonchev–Trinajstić information content (AvgIpc) is 2.58. The second-order valence-electron chi connectivity index (χ2n) is 5.11. The van der Waals surface area contributed by atoms with Gasteiger partial charge in [-0.2, -0.15) is 0 Å². The summed E-state index contributed by atoms with van der Waals surface area (Å²) in [7, 11) is -0.464. The Morgan fingerprint density at radius 3 is 2.21 bits per heavy atom. The first-order valence-corrected chi connectivity index (χ1v) is 8.99. The van der Waals surface area contributed by atoms with Crippen LogP contribution >= 0.6 is 0 Å². The number of hydrogen-bond donors (Lipinski definition) is 0. The monoisotopic (exact) mass is 346 g/mol. The molecule has 0 fully saturated rings. The molecule has 0 aromatic heterocycles. The maximum Gasteiger partial charge on any atom is 0.185 e. The third kappa shape index (κ3) is 4.23. The predicted octanol–water partition coefficient (Wildman–Crippen LogP) is 3.00. The number of ketones is 1. The average molecular weight is 346 g/mol. The van der Waals surface area contributed by atoms with Crippen molar-refractivity contribution in [2.45, 2.75) is 4.90 Å². The van der Waals surface area contributed by atoms with Crippen molar-refractivity contribution in [1.29, 1.82) is 0 Å². The van der Waals surface area contributed by atoms with E-state index in [0.29, 0.717) is 5.56 Å². The van der Waals surface area contributed by atoms with Crippen LogP contribution in [0, 0.1) is 0 Å². The Kier molecular flexibility index (Phi) is 5.41. The van der Waals surface area contributed by atoms with Gasteiger partial charge in [0, 0.05) is 11.8 Å². The van der Waals surface area contributed by atoms with Crippen LogP contribution in [-0.2, 0) is 9.84 Å². The van der Waals surface area contributed by atoms with Crippen molar-refractivity contribution in [3.8, 4) is 11.5 Å². The number of sulfone groups is 1. The van der Waals surface area contributed by atoms with Crippen molar-refractivity contribution in [2.75, 3.05) is 20.5 Å². The van der Waals surface area contributed by atoms with Crippen LogP contribution in [0.3, 0.4) is 0 Å². The molecule has 0 heterocycles. The van der Waals surface area contributed by atoms with Crippen LogP contribution in [0.4, 0.5) is 0 Å². The molecule has 126 valence electrons. The van der Waals surface area contributed by atoms with Crippen LogP contribution in [0.1, 0.15) is 15.9 Å². The first-order chi connectivity index (χ1) is 11.3. The predicted molar refractivity (Wildman–Crippen MR) is 92.5 cm³/mol. The van der Waals surface area contributed by atoms with Crippen LogP contribution in [0.15, 0.2) is 53.4 Å². The quantitative estimate of drug-likeness (QED) is 0.594. The molecule has 0 spiro atoms. The number of hydrogen-bond acceptors (Lipinski definition) is 5. The Morgan fingerprint density at radius 1 is 1.00 bits per heavy atom. The van der Waals surface area contributed by atoms with E-state index in [1.54, 1.807) is 25.3 Å². The van der Waals surface area contributed by atoms with Gasteiger partial charge in [-0.05, 0) is 42.0 Å². The smallest absolute Gasteiger partial charge is 0.185 e. The Balaban J connectivity index is 2.24. The molecule has 0 amide bonds. The van der Waals surface area contributed by atoms with Crippen molar-refractivity contribution in [3.63, 3.8) is 0 Å². The van der Waals surface area contributed by atoms with Crippen molar-refractivity contribution < 1.29 is 22.7 Å². The van der Waals surface area contributed by atoms with Crippen LogP contribution in [0.25, 0.3) is 6.08 Å². The summed E-state index contributed by atoms with van der Waals surface area (Å²) in [6, 6.07) is 11.5. The summed E-state index contributed by atoms with van der Waals surface area (Å²) in [6.45, 7) is 0. The number of allylic oxidation sites excluding steroid dienone is 1. The lowest BCUT2D eigenvalue weighted by molar-refractivity contribution is 0.104. The van der Waals surface area contributed by atoms with Gasteiger partial charge in [0.15, 0.2) is 15.6 Å². The lowest BCUT2D eigenvalue weighted by Gasteiger charge is -2.08. The van der Waals surface area contributed by atoms with Crippen molar-refractivity contribution in [2.24, 2.45) is 0 Å².